The lowest BCUT2D eigenvalue weighted by Gasteiger charge is -2.31. The summed E-state index contributed by atoms with van der Waals surface area (Å²) in [5.74, 6) is 0.758. The van der Waals surface area contributed by atoms with E-state index in [0.717, 1.165) is 23.4 Å². The summed E-state index contributed by atoms with van der Waals surface area (Å²) in [6.45, 7) is 3.60. The average Bonchev–Trinajstić information content (AvgIpc) is 3.07. The Balaban J connectivity index is 1.56. The Labute approximate surface area is 170 Å². The molecular weight excluding hydrogens is 366 g/mol. The topological polar surface area (TPSA) is 61.9 Å². The zero-order valence-electron chi connectivity index (χ0n) is 16.7. The van der Waals surface area contributed by atoms with Crippen LogP contribution in [0.5, 0.6) is 5.75 Å². The van der Waals surface area contributed by atoms with Gasteiger partial charge in [-0.05, 0) is 36.6 Å². The Kier molecular flexibility index (Phi) is 5.25. The van der Waals surface area contributed by atoms with E-state index in [1.807, 2.05) is 54.3 Å². The number of hydrogen-bond acceptors (Lipinski definition) is 3. The predicted molar refractivity (Wildman–Crippen MR) is 110 cm³/mol. The van der Waals surface area contributed by atoms with Crippen molar-refractivity contribution >= 4 is 11.9 Å². The van der Waals surface area contributed by atoms with Crippen molar-refractivity contribution in [2.24, 2.45) is 0 Å². The molecule has 6 heteroatoms. The number of rotatable bonds is 6. The molecular formula is C23H25N3O3. The quantitative estimate of drug-likeness (QED) is 0.823. The molecule has 3 amide bonds. The molecule has 0 bridgehead atoms. The second-order valence-electron chi connectivity index (χ2n) is 7.27. The zero-order chi connectivity index (χ0) is 20.4. The highest BCUT2D eigenvalue weighted by Gasteiger charge is 2.42. The molecule has 0 unspecified atom stereocenters. The van der Waals surface area contributed by atoms with E-state index in [2.05, 4.69) is 17.4 Å². The van der Waals surface area contributed by atoms with Crippen LogP contribution in [0.15, 0.2) is 65.9 Å². The molecule has 2 aliphatic heterocycles. The number of carbonyl (C=O) groups is 2. The van der Waals surface area contributed by atoms with E-state index in [4.69, 9.17) is 4.74 Å². The minimum absolute atomic E-state index is 0.0123. The van der Waals surface area contributed by atoms with Crippen molar-refractivity contribution in [3.8, 4) is 5.75 Å². The molecule has 2 aromatic carbocycles. The number of amides is 3. The Morgan fingerprint density at radius 3 is 2.48 bits per heavy atom. The van der Waals surface area contributed by atoms with Crippen molar-refractivity contribution in [3.05, 3.63) is 77.0 Å². The smallest absolute Gasteiger partial charge is 0.322 e. The summed E-state index contributed by atoms with van der Waals surface area (Å²) in [4.78, 5) is 29.1. The Hall–Kier alpha value is -3.28. The van der Waals surface area contributed by atoms with Gasteiger partial charge in [0.15, 0.2) is 0 Å². The molecule has 2 aliphatic rings. The van der Waals surface area contributed by atoms with Crippen LogP contribution in [-0.2, 0) is 11.2 Å². The Bertz CT molecular complexity index is 938. The fourth-order valence-corrected chi connectivity index (χ4v) is 3.89. The normalized spacial score (nSPS) is 18.8. The van der Waals surface area contributed by atoms with E-state index in [9.17, 15) is 9.59 Å². The molecule has 2 heterocycles. The van der Waals surface area contributed by atoms with Crippen LogP contribution >= 0.6 is 0 Å². The average molecular weight is 391 g/mol. The van der Waals surface area contributed by atoms with Gasteiger partial charge < -0.3 is 15.0 Å². The Morgan fingerprint density at radius 2 is 1.79 bits per heavy atom. The molecule has 4 rings (SSSR count). The van der Waals surface area contributed by atoms with Crippen LogP contribution in [0.25, 0.3) is 0 Å². The molecule has 29 heavy (non-hydrogen) atoms. The van der Waals surface area contributed by atoms with Gasteiger partial charge in [-0.2, -0.15) is 0 Å². The summed E-state index contributed by atoms with van der Waals surface area (Å²) in [7, 11) is 1.72. The molecule has 0 aromatic heterocycles. The summed E-state index contributed by atoms with van der Waals surface area (Å²) < 4.78 is 5.50. The van der Waals surface area contributed by atoms with Crippen molar-refractivity contribution in [1.29, 1.82) is 0 Å². The monoisotopic (exact) mass is 391 g/mol. The summed E-state index contributed by atoms with van der Waals surface area (Å²) in [6.07, 6.45) is 0.784. The van der Waals surface area contributed by atoms with Gasteiger partial charge in [0.1, 0.15) is 5.75 Å². The first-order valence-corrected chi connectivity index (χ1v) is 9.91. The van der Waals surface area contributed by atoms with E-state index in [0.29, 0.717) is 25.3 Å². The third-order valence-corrected chi connectivity index (χ3v) is 5.47. The molecule has 6 nitrogen and oxygen atoms in total. The van der Waals surface area contributed by atoms with Gasteiger partial charge in [0.05, 0.1) is 30.5 Å². The van der Waals surface area contributed by atoms with Crippen molar-refractivity contribution in [2.75, 3.05) is 26.7 Å². The van der Waals surface area contributed by atoms with Gasteiger partial charge in [-0.15, -0.1) is 0 Å². The summed E-state index contributed by atoms with van der Waals surface area (Å²) in [5.41, 5.74) is 3.51. The highest BCUT2D eigenvalue weighted by atomic mass is 16.5. The molecule has 2 aromatic rings. The largest absolute Gasteiger partial charge is 0.494 e. The number of nitrogens with zero attached hydrogens (tertiary/aromatic N) is 2. The fourth-order valence-electron chi connectivity index (χ4n) is 3.89. The second kappa shape index (κ2) is 7.99. The maximum absolute atomic E-state index is 13.2. The lowest BCUT2D eigenvalue weighted by molar-refractivity contribution is -0.125. The van der Waals surface area contributed by atoms with Crippen LogP contribution in [0.4, 0.5) is 4.79 Å². The maximum Gasteiger partial charge on any atom is 0.322 e. The number of hydrogen-bond donors (Lipinski definition) is 1. The number of ether oxygens (including phenoxy) is 1. The second-order valence-corrected chi connectivity index (χ2v) is 7.27. The van der Waals surface area contributed by atoms with Crippen molar-refractivity contribution in [2.45, 2.75) is 19.4 Å². The first-order valence-electron chi connectivity index (χ1n) is 9.91. The summed E-state index contributed by atoms with van der Waals surface area (Å²) in [6, 6.07) is 17.0. The number of nitrogens with one attached hydrogen (secondary N) is 1. The minimum atomic E-state index is -0.446. The van der Waals surface area contributed by atoms with Gasteiger partial charge in [-0.1, -0.05) is 42.5 Å². The van der Waals surface area contributed by atoms with E-state index in [-0.39, 0.29) is 11.9 Å². The standard InChI is InChI=1S/C23H25N3O3/c1-3-29-18-11-9-17(10-12-18)21-20-19(25(2)23(28)24-21)15-26(22(20)27)14-13-16-7-5-4-6-8-16/h4-12,21H,3,13-15H2,1-2H3,(H,24,28)/t21-/m1/s1. The molecule has 1 atom stereocenters. The van der Waals surface area contributed by atoms with E-state index >= 15 is 0 Å². The number of carbonyl (C=O) groups excluding carboxylic acids is 2. The van der Waals surface area contributed by atoms with Crippen LogP contribution in [-0.4, -0.2) is 48.5 Å². The van der Waals surface area contributed by atoms with Gasteiger partial charge in [0.2, 0.25) is 0 Å². The highest BCUT2D eigenvalue weighted by molar-refractivity contribution is 6.01. The molecule has 0 saturated heterocycles. The van der Waals surface area contributed by atoms with Crippen molar-refractivity contribution in [1.82, 2.24) is 15.1 Å². The van der Waals surface area contributed by atoms with Gasteiger partial charge in [-0.3, -0.25) is 9.69 Å². The van der Waals surface area contributed by atoms with E-state index < -0.39 is 6.04 Å². The van der Waals surface area contributed by atoms with Gasteiger partial charge in [-0.25, -0.2) is 4.79 Å². The van der Waals surface area contributed by atoms with Crippen molar-refractivity contribution < 1.29 is 14.3 Å². The van der Waals surface area contributed by atoms with Crippen LogP contribution in [0.2, 0.25) is 0 Å². The lowest BCUT2D eigenvalue weighted by Crippen LogP contribution is -2.45. The first-order chi connectivity index (χ1) is 14.1. The van der Waals surface area contributed by atoms with E-state index in [1.54, 1.807) is 11.9 Å². The van der Waals surface area contributed by atoms with Crippen LogP contribution in [0.1, 0.15) is 24.1 Å². The third kappa shape index (κ3) is 3.70. The van der Waals surface area contributed by atoms with Crippen LogP contribution in [0, 0.1) is 0 Å². The minimum Gasteiger partial charge on any atom is -0.494 e. The molecule has 0 aliphatic carbocycles. The van der Waals surface area contributed by atoms with Crippen molar-refractivity contribution in [3.63, 3.8) is 0 Å². The van der Waals surface area contributed by atoms with Crippen LogP contribution < -0.4 is 10.1 Å². The molecule has 1 N–H and O–H groups in total. The molecule has 0 saturated carbocycles. The lowest BCUT2D eigenvalue weighted by atomic mass is 9.95. The third-order valence-electron chi connectivity index (χ3n) is 5.47. The van der Waals surface area contributed by atoms with Gasteiger partial charge >= 0.3 is 6.03 Å². The summed E-state index contributed by atoms with van der Waals surface area (Å²) in [5, 5.41) is 2.97. The number of likely N-dealkylation sites (N-methyl/N-ethyl adjacent to an activating group) is 1. The molecule has 150 valence electrons. The maximum atomic E-state index is 13.2. The SMILES string of the molecule is CCOc1ccc([C@H]2NC(=O)N(C)C3=C2C(=O)N(CCc2ccccc2)C3)cc1. The fraction of sp³-hybridized carbons (Fsp3) is 0.304. The van der Waals surface area contributed by atoms with Crippen LogP contribution in [0.3, 0.4) is 0 Å². The molecule has 0 fully saturated rings. The van der Waals surface area contributed by atoms with Gasteiger partial charge in [0.25, 0.3) is 5.91 Å². The predicted octanol–water partition coefficient (Wildman–Crippen LogP) is 3.12. The van der Waals surface area contributed by atoms with Gasteiger partial charge in [0, 0.05) is 13.6 Å². The summed E-state index contributed by atoms with van der Waals surface area (Å²) >= 11 is 0. The van der Waals surface area contributed by atoms with E-state index in [1.165, 1.54) is 5.56 Å². The first kappa shape index (κ1) is 19.1. The number of benzene rings is 2. The molecule has 0 radical (unpaired) electrons. The zero-order valence-corrected chi connectivity index (χ0v) is 16.7. The molecule has 0 spiro atoms. The number of urea groups is 1. The highest BCUT2D eigenvalue weighted by Crippen LogP contribution is 2.36. The Morgan fingerprint density at radius 1 is 1.07 bits per heavy atom.